The lowest BCUT2D eigenvalue weighted by Crippen LogP contribution is -2.13. The minimum absolute atomic E-state index is 0.0769. The van der Waals surface area contributed by atoms with Gasteiger partial charge in [-0.15, -0.1) is 11.8 Å². The van der Waals surface area contributed by atoms with Gasteiger partial charge in [-0.3, -0.25) is 4.79 Å². The summed E-state index contributed by atoms with van der Waals surface area (Å²) in [5.74, 6) is 1.03. The molecule has 0 aliphatic heterocycles. The zero-order valence-electron chi connectivity index (χ0n) is 13.1. The average Bonchev–Trinajstić information content (AvgIpc) is 2.54. The van der Waals surface area contributed by atoms with E-state index in [1.54, 1.807) is 0 Å². The Hall–Kier alpha value is -1.78. The van der Waals surface area contributed by atoms with E-state index < -0.39 is 0 Å². The van der Waals surface area contributed by atoms with Crippen LogP contribution in [0.4, 0.5) is 5.69 Å². The quantitative estimate of drug-likeness (QED) is 0.620. The van der Waals surface area contributed by atoms with Crippen LogP contribution in [-0.2, 0) is 0 Å². The summed E-state index contributed by atoms with van der Waals surface area (Å²) >= 11 is 1.85. The monoisotopic (exact) mass is 314 g/mol. The zero-order chi connectivity index (χ0) is 15.8. The molecule has 4 heteroatoms. The Morgan fingerprint density at radius 1 is 1.05 bits per heavy atom. The number of thioether (sulfide) groups is 1. The van der Waals surface area contributed by atoms with Crippen LogP contribution in [0.3, 0.4) is 0 Å². The van der Waals surface area contributed by atoms with E-state index in [0.717, 1.165) is 18.0 Å². The molecule has 0 heterocycles. The van der Waals surface area contributed by atoms with Crippen molar-refractivity contribution in [3.8, 4) is 0 Å². The van der Waals surface area contributed by atoms with Gasteiger partial charge >= 0.3 is 0 Å². The highest BCUT2D eigenvalue weighted by Gasteiger charge is 2.04. The minimum Gasteiger partial charge on any atom is -0.322 e. The molecule has 0 saturated carbocycles. The summed E-state index contributed by atoms with van der Waals surface area (Å²) in [4.78, 5) is 15.5. The molecule has 2 aromatic carbocycles. The van der Waals surface area contributed by atoms with Crippen LogP contribution in [0.2, 0.25) is 0 Å². The summed E-state index contributed by atoms with van der Waals surface area (Å²) in [6.45, 7) is 1.11. The minimum atomic E-state index is -0.0769. The van der Waals surface area contributed by atoms with Gasteiger partial charge in [0.1, 0.15) is 0 Å². The molecule has 0 unspecified atom stereocenters. The Labute approximate surface area is 136 Å². The number of rotatable bonds is 7. The Balaban J connectivity index is 1.83. The molecule has 2 aromatic rings. The Bertz CT molecular complexity index is 582. The van der Waals surface area contributed by atoms with Gasteiger partial charge in [0.2, 0.25) is 0 Å². The van der Waals surface area contributed by atoms with Crippen molar-refractivity contribution < 1.29 is 4.79 Å². The summed E-state index contributed by atoms with van der Waals surface area (Å²) < 4.78 is 0. The first-order valence-electron chi connectivity index (χ1n) is 7.39. The molecule has 3 nitrogen and oxygen atoms in total. The summed E-state index contributed by atoms with van der Waals surface area (Å²) in [7, 11) is 4.18. The molecule has 0 aliphatic carbocycles. The highest BCUT2D eigenvalue weighted by molar-refractivity contribution is 7.99. The fourth-order valence-electron chi connectivity index (χ4n) is 2.00. The third-order valence-electron chi connectivity index (χ3n) is 3.17. The van der Waals surface area contributed by atoms with Crippen LogP contribution >= 0.6 is 11.8 Å². The second kappa shape index (κ2) is 8.61. The van der Waals surface area contributed by atoms with Crippen molar-refractivity contribution >= 4 is 23.4 Å². The van der Waals surface area contributed by atoms with Crippen LogP contribution < -0.4 is 5.32 Å². The maximum atomic E-state index is 12.1. The molecule has 0 spiro atoms. The second-order valence-corrected chi connectivity index (χ2v) is 6.52. The van der Waals surface area contributed by atoms with Gasteiger partial charge in [-0.1, -0.05) is 18.2 Å². The van der Waals surface area contributed by atoms with E-state index in [2.05, 4.69) is 36.4 Å². The van der Waals surface area contributed by atoms with Gasteiger partial charge in [0.15, 0.2) is 0 Å². The molecular weight excluding hydrogens is 292 g/mol. The molecule has 0 saturated heterocycles. The van der Waals surface area contributed by atoms with Crippen molar-refractivity contribution in [2.75, 3.05) is 31.7 Å². The van der Waals surface area contributed by atoms with Crippen molar-refractivity contribution in [1.29, 1.82) is 0 Å². The topological polar surface area (TPSA) is 32.3 Å². The first-order chi connectivity index (χ1) is 10.6. The number of hydrogen-bond acceptors (Lipinski definition) is 3. The van der Waals surface area contributed by atoms with E-state index in [9.17, 15) is 4.79 Å². The molecule has 0 atom stereocenters. The maximum Gasteiger partial charge on any atom is 0.255 e. The predicted octanol–water partition coefficient (Wildman–Crippen LogP) is 3.98. The highest BCUT2D eigenvalue weighted by atomic mass is 32.2. The lowest BCUT2D eigenvalue weighted by molar-refractivity contribution is 0.102. The molecule has 0 bridgehead atoms. The first kappa shape index (κ1) is 16.6. The second-order valence-electron chi connectivity index (χ2n) is 5.35. The van der Waals surface area contributed by atoms with Gasteiger partial charge < -0.3 is 10.2 Å². The van der Waals surface area contributed by atoms with E-state index >= 15 is 0 Å². The average molecular weight is 314 g/mol. The predicted molar refractivity (Wildman–Crippen MR) is 94.7 cm³/mol. The van der Waals surface area contributed by atoms with Crippen LogP contribution in [0, 0.1) is 0 Å². The van der Waals surface area contributed by atoms with Gasteiger partial charge in [-0.25, -0.2) is 0 Å². The number of anilines is 1. The molecule has 0 aliphatic rings. The van der Waals surface area contributed by atoms with Crippen LogP contribution in [0.5, 0.6) is 0 Å². The van der Waals surface area contributed by atoms with E-state index in [1.165, 1.54) is 11.3 Å². The molecule has 0 aromatic heterocycles. The Kier molecular flexibility index (Phi) is 6.49. The highest BCUT2D eigenvalue weighted by Crippen LogP contribution is 2.21. The van der Waals surface area contributed by atoms with Crippen molar-refractivity contribution in [3.63, 3.8) is 0 Å². The van der Waals surface area contributed by atoms with E-state index in [4.69, 9.17) is 0 Å². The van der Waals surface area contributed by atoms with Crippen LogP contribution in [0.25, 0.3) is 0 Å². The zero-order valence-corrected chi connectivity index (χ0v) is 13.9. The van der Waals surface area contributed by atoms with Gasteiger partial charge in [0.05, 0.1) is 0 Å². The molecule has 1 amide bonds. The lowest BCUT2D eigenvalue weighted by Gasteiger charge is -2.09. The SMILES string of the molecule is CN(C)CCCSc1ccc(NC(=O)c2ccccc2)cc1. The van der Waals surface area contributed by atoms with E-state index in [0.29, 0.717) is 5.56 Å². The van der Waals surface area contributed by atoms with Crippen LogP contribution in [0.1, 0.15) is 16.8 Å². The van der Waals surface area contributed by atoms with Crippen molar-refractivity contribution in [1.82, 2.24) is 4.90 Å². The third kappa shape index (κ3) is 5.54. The fourth-order valence-corrected chi connectivity index (χ4v) is 2.84. The largest absolute Gasteiger partial charge is 0.322 e. The van der Waals surface area contributed by atoms with Crippen LogP contribution in [-0.4, -0.2) is 37.2 Å². The van der Waals surface area contributed by atoms with Crippen molar-refractivity contribution in [3.05, 3.63) is 60.2 Å². The van der Waals surface area contributed by atoms with Gasteiger partial charge in [0, 0.05) is 16.1 Å². The standard InChI is InChI=1S/C18H22N2OS/c1-20(2)13-6-14-22-17-11-9-16(10-12-17)19-18(21)15-7-4-3-5-8-15/h3-5,7-12H,6,13-14H2,1-2H3,(H,19,21). The Morgan fingerprint density at radius 2 is 1.73 bits per heavy atom. The Morgan fingerprint density at radius 3 is 2.36 bits per heavy atom. The van der Waals surface area contributed by atoms with Crippen molar-refractivity contribution in [2.24, 2.45) is 0 Å². The van der Waals surface area contributed by atoms with Gasteiger partial charge in [-0.2, -0.15) is 0 Å². The number of benzene rings is 2. The summed E-state index contributed by atoms with van der Waals surface area (Å²) in [5.41, 5.74) is 1.50. The summed E-state index contributed by atoms with van der Waals surface area (Å²) in [6, 6.07) is 17.3. The lowest BCUT2D eigenvalue weighted by atomic mass is 10.2. The third-order valence-corrected chi connectivity index (χ3v) is 4.26. The van der Waals surface area contributed by atoms with Crippen LogP contribution in [0.15, 0.2) is 59.5 Å². The summed E-state index contributed by atoms with van der Waals surface area (Å²) in [6.07, 6.45) is 1.17. The number of carbonyl (C=O) groups is 1. The molecule has 0 radical (unpaired) electrons. The van der Waals surface area contributed by atoms with E-state index in [-0.39, 0.29) is 5.91 Å². The molecule has 2 rings (SSSR count). The maximum absolute atomic E-state index is 12.1. The normalized spacial score (nSPS) is 10.7. The van der Waals surface area contributed by atoms with E-state index in [1.807, 2.05) is 54.2 Å². The molecule has 22 heavy (non-hydrogen) atoms. The number of amides is 1. The van der Waals surface area contributed by atoms with Crippen molar-refractivity contribution in [2.45, 2.75) is 11.3 Å². The molecule has 116 valence electrons. The smallest absolute Gasteiger partial charge is 0.255 e. The first-order valence-corrected chi connectivity index (χ1v) is 8.38. The number of hydrogen-bond donors (Lipinski definition) is 1. The molecule has 0 fully saturated rings. The summed E-state index contributed by atoms with van der Waals surface area (Å²) in [5, 5.41) is 2.91. The van der Waals surface area contributed by atoms with Gasteiger partial charge in [0.25, 0.3) is 5.91 Å². The molecule has 1 N–H and O–H groups in total. The fraction of sp³-hybridized carbons (Fsp3) is 0.278. The number of nitrogens with zero attached hydrogens (tertiary/aromatic N) is 1. The van der Waals surface area contributed by atoms with Gasteiger partial charge in [-0.05, 0) is 69.2 Å². The number of carbonyl (C=O) groups excluding carboxylic acids is 1. The molecular formula is C18H22N2OS. The number of nitrogens with one attached hydrogen (secondary N) is 1.